The van der Waals surface area contributed by atoms with E-state index in [9.17, 15) is 0 Å². The van der Waals surface area contributed by atoms with E-state index in [1.807, 2.05) is 0 Å². The van der Waals surface area contributed by atoms with E-state index in [0.717, 1.165) is 7.35 Å². The van der Waals surface area contributed by atoms with Crippen LogP contribution in [-0.2, 0) is 41.6 Å². The second-order valence-electron chi connectivity index (χ2n) is 25.2. The normalized spacial score (nSPS) is 22.1. The average Bonchev–Trinajstić information content (AvgIpc) is 3.43. The molecule has 4 aliphatic rings. The van der Waals surface area contributed by atoms with Crippen molar-refractivity contribution in [2.45, 2.75) is 186 Å². The molecule has 2 fully saturated rings. The van der Waals surface area contributed by atoms with E-state index in [-0.39, 0.29) is 46.5 Å². The van der Waals surface area contributed by atoms with Crippen LogP contribution in [0.1, 0.15) is 201 Å². The van der Waals surface area contributed by atoms with Crippen LogP contribution in [0.15, 0.2) is 83.9 Å². The topological polar surface area (TPSA) is 0 Å². The first-order chi connectivity index (χ1) is 28.4. The summed E-state index contributed by atoms with van der Waals surface area (Å²) in [6, 6.07) is 30.3. The van der Waals surface area contributed by atoms with Gasteiger partial charge in [-0.05, 0) is 0 Å². The van der Waals surface area contributed by atoms with Gasteiger partial charge in [0.2, 0.25) is 0 Å². The molecule has 1 saturated carbocycles. The Balaban J connectivity index is 0.00000330. The minimum Gasteiger partial charge on any atom is -1.00 e. The van der Waals surface area contributed by atoms with Crippen LogP contribution in [-0.4, -0.2) is 0 Å². The molecule has 1 heterocycles. The van der Waals surface area contributed by atoms with E-state index in [4.69, 9.17) is 0 Å². The van der Waals surface area contributed by atoms with Crippen LogP contribution >= 0.6 is 0 Å². The predicted molar refractivity (Wildman–Crippen MR) is 265 cm³/mol. The standard InChI is InChI=1S/2C27H35.C6H10.2ClH.Hf/c2*1-18(2)12-19-13-20-10-9-11-24(25(20)14-19)21-15-22(26(3,4)5)17-23(16-21)27(6,7)8;1-2-4-6-5-3-1;;;/h2*9-11,13-18H,12H2,1-8H3;1-2H,3-6H2;2*1H;/q;;;;;+2/p-2. The van der Waals surface area contributed by atoms with Gasteiger partial charge in [-0.15, -0.1) is 0 Å². The molecule has 4 unspecified atom stereocenters. The molecule has 4 atom stereocenters. The van der Waals surface area contributed by atoms with Gasteiger partial charge in [0.25, 0.3) is 0 Å². The van der Waals surface area contributed by atoms with Crippen molar-refractivity contribution in [2.75, 3.05) is 0 Å². The molecule has 0 amide bonds. The maximum Gasteiger partial charge on any atom is -1.00 e. The molecule has 0 radical (unpaired) electrons. The van der Waals surface area contributed by atoms with Crippen molar-refractivity contribution in [3.8, 4) is 22.3 Å². The Labute approximate surface area is 402 Å². The molecule has 4 aromatic carbocycles. The first-order valence-electron chi connectivity index (χ1n) is 24.4. The first kappa shape index (κ1) is 50.2. The number of hydrogen-bond acceptors (Lipinski definition) is 0. The fourth-order valence-electron chi connectivity index (χ4n) is 12.4. The Morgan fingerprint density at radius 2 is 0.794 bits per heavy atom. The van der Waals surface area contributed by atoms with Crippen LogP contribution in [0.25, 0.3) is 34.4 Å². The van der Waals surface area contributed by atoms with Gasteiger partial charge in [0.05, 0.1) is 0 Å². The second-order valence-corrected chi connectivity index (χ2v) is 41.9. The molecular formula is C60H80Cl2Hf. The van der Waals surface area contributed by atoms with Crippen molar-refractivity contribution in [3.05, 3.63) is 128 Å². The largest absolute Gasteiger partial charge is 1.00 e. The molecule has 3 aliphatic carbocycles. The Morgan fingerprint density at radius 1 is 0.476 bits per heavy atom. The van der Waals surface area contributed by atoms with E-state index in [0.29, 0.717) is 19.2 Å². The number of fused-ring (bicyclic) bond motifs is 3. The molecule has 0 N–H and O–H groups in total. The van der Waals surface area contributed by atoms with Crippen LogP contribution in [0.2, 0.25) is 7.35 Å². The second kappa shape index (κ2) is 17.8. The van der Waals surface area contributed by atoms with Gasteiger partial charge in [0.15, 0.2) is 0 Å². The third-order valence-corrected chi connectivity index (χ3v) is 40.4. The number of halogens is 2. The van der Waals surface area contributed by atoms with E-state index >= 15 is 0 Å². The molecule has 0 bridgehead atoms. The van der Waals surface area contributed by atoms with Gasteiger partial charge in [-0.2, -0.15) is 0 Å². The van der Waals surface area contributed by atoms with Crippen LogP contribution in [0.4, 0.5) is 0 Å². The number of hydrogen-bond donors (Lipinski definition) is 0. The van der Waals surface area contributed by atoms with Crippen LogP contribution in [0.5, 0.6) is 0 Å². The molecular weight excluding hydrogens is 970 g/mol. The summed E-state index contributed by atoms with van der Waals surface area (Å²) in [7, 11) is 0. The van der Waals surface area contributed by atoms with Gasteiger partial charge < -0.3 is 24.8 Å². The van der Waals surface area contributed by atoms with E-state index in [1.165, 1.54) is 83.0 Å². The van der Waals surface area contributed by atoms with Gasteiger partial charge in [-0.3, -0.25) is 0 Å². The van der Waals surface area contributed by atoms with E-state index in [2.05, 4.69) is 196 Å². The summed E-state index contributed by atoms with van der Waals surface area (Å²) in [5, 5.41) is 0. The summed E-state index contributed by atoms with van der Waals surface area (Å²) in [4.78, 5) is 0. The number of rotatable bonds is 8. The zero-order chi connectivity index (χ0) is 44.2. The minimum atomic E-state index is -3.46. The van der Waals surface area contributed by atoms with Crippen molar-refractivity contribution in [2.24, 2.45) is 11.8 Å². The first-order valence-corrected chi connectivity index (χ1v) is 32.7. The summed E-state index contributed by atoms with van der Waals surface area (Å²) in [6.45, 7) is 38.5. The summed E-state index contributed by atoms with van der Waals surface area (Å²) < 4.78 is 3.25. The maximum absolute atomic E-state index is 3.46. The predicted octanol–water partition coefficient (Wildman–Crippen LogP) is 12.2. The van der Waals surface area contributed by atoms with Crippen LogP contribution in [0, 0.1) is 11.8 Å². The van der Waals surface area contributed by atoms with Crippen molar-refractivity contribution >= 4 is 12.2 Å². The third kappa shape index (κ3) is 9.27. The van der Waals surface area contributed by atoms with Gasteiger partial charge >= 0.3 is 380 Å². The van der Waals surface area contributed by atoms with E-state index < -0.39 is 20.0 Å². The number of allylic oxidation sites excluding steroid dienone is 2. The van der Waals surface area contributed by atoms with Crippen LogP contribution in [0.3, 0.4) is 0 Å². The molecule has 4 aromatic rings. The minimum absolute atomic E-state index is 0. The van der Waals surface area contributed by atoms with Crippen molar-refractivity contribution in [3.63, 3.8) is 0 Å². The van der Waals surface area contributed by atoms with Crippen molar-refractivity contribution in [1.29, 1.82) is 0 Å². The molecule has 0 aromatic heterocycles. The summed E-state index contributed by atoms with van der Waals surface area (Å²) in [5.74, 6) is 1.27. The zero-order valence-corrected chi connectivity index (χ0v) is 47.2. The Hall–Kier alpha value is -2.19. The Morgan fingerprint density at radius 3 is 1.08 bits per heavy atom. The fraction of sp³-hybridized carbons (Fsp3) is 0.533. The smallest absolute Gasteiger partial charge is 1.00 e. The van der Waals surface area contributed by atoms with Gasteiger partial charge in [0.1, 0.15) is 0 Å². The molecule has 1 aliphatic heterocycles. The van der Waals surface area contributed by atoms with E-state index in [1.54, 1.807) is 33.4 Å². The number of benzene rings is 4. The molecule has 63 heavy (non-hydrogen) atoms. The Kier molecular flexibility index (Phi) is 14.2. The summed E-state index contributed by atoms with van der Waals surface area (Å²) >= 11 is -3.46. The SMILES string of the molecule is CC(C)CC1=Cc2c(-c3cc(C(C)(C)C)cc(C(C)(C)C)c3)cccc2[CH]1[Hf+2]1([CH]2C(CC(C)C)=Cc3c(-c4cc(C(C)(C)C)cc(C(C)(C)C)c4)cccc32)[CH]2CCCC[CH]21.[Cl-].[Cl-]. The average molecular weight is 1050 g/mol. The quantitative estimate of drug-likeness (QED) is 0.154. The molecule has 8 rings (SSSR count). The van der Waals surface area contributed by atoms with Crippen molar-refractivity contribution in [1.82, 2.24) is 0 Å². The molecule has 1 saturated heterocycles. The molecule has 0 spiro atoms. The van der Waals surface area contributed by atoms with Gasteiger partial charge in [0, 0.05) is 0 Å². The van der Waals surface area contributed by atoms with Crippen molar-refractivity contribution < 1.29 is 44.8 Å². The monoisotopic (exact) mass is 1050 g/mol. The van der Waals surface area contributed by atoms with Gasteiger partial charge in [-0.25, -0.2) is 0 Å². The summed E-state index contributed by atoms with van der Waals surface area (Å²) in [5.41, 5.74) is 22.0. The zero-order valence-electron chi connectivity index (χ0n) is 42.0. The van der Waals surface area contributed by atoms with Crippen LogP contribution < -0.4 is 24.8 Å². The molecule has 3 heteroatoms. The third-order valence-electron chi connectivity index (χ3n) is 15.5. The summed E-state index contributed by atoms with van der Waals surface area (Å²) in [6.07, 6.45) is 13.8. The fourth-order valence-corrected chi connectivity index (χ4v) is 47.7. The van der Waals surface area contributed by atoms with Gasteiger partial charge in [-0.1, -0.05) is 0 Å². The molecule has 338 valence electrons. The maximum atomic E-state index is 2.78. The Bertz CT molecular complexity index is 2160. The molecule has 0 nitrogen and oxygen atoms in total.